The molecule has 0 saturated carbocycles. The minimum Gasteiger partial charge on any atom is -0.480 e. The molecule has 0 aromatic rings. The molecule has 7 heteroatoms. The Labute approximate surface area is 131 Å². The fourth-order valence-corrected chi connectivity index (χ4v) is 2.35. The van der Waals surface area contributed by atoms with Gasteiger partial charge in [-0.1, -0.05) is 6.92 Å². The first-order chi connectivity index (χ1) is 10.1. The number of nitrogens with zero attached hydrogens (tertiary/aromatic N) is 1. The summed E-state index contributed by atoms with van der Waals surface area (Å²) in [6, 6.07) is -1.07. The van der Waals surface area contributed by atoms with E-state index in [9.17, 15) is 19.5 Å². The van der Waals surface area contributed by atoms with Gasteiger partial charge in [-0.15, -0.1) is 0 Å². The highest BCUT2D eigenvalue weighted by Gasteiger charge is 2.28. The predicted molar refractivity (Wildman–Crippen MR) is 80.4 cm³/mol. The van der Waals surface area contributed by atoms with Crippen LogP contribution in [0.2, 0.25) is 0 Å². The summed E-state index contributed by atoms with van der Waals surface area (Å²) < 4.78 is 5.05. The van der Waals surface area contributed by atoms with Crippen LogP contribution in [0.5, 0.6) is 0 Å². The van der Waals surface area contributed by atoms with Crippen molar-refractivity contribution in [2.24, 2.45) is 5.92 Å². The lowest BCUT2D eigenvalue weighted by atomic mass is 9.99. The lowest BCUT2D eigenvalue weighted by Gasteiger charge is -2.31. The fraction of sp³-hybridized carbons (Fsp3) is 0.800. The third-order valence-electron chi connectivity index (χ3n) is 3.48. The zero-order valence-electron chi connectivity index (χ0n) is 13.7. The average molecular weight is 314 g/mol. The molecule has 2 atom stereocenters. The molecular weight excluding hydrogens is 288 g/mol. The van der Waals surface area contributed by atoms with E-state index in [-0.39, 0.29) is 18.2 Å². The minimum atomic E-state index is -1.14. The lowest BCUT2D eigenvalue weighted by molar-refractivity contribution is -0.142. The molecule has 7 nitrogen and oxygen atoms in total. The van der Waals surface area contributed by atoms with Gasteiger partial charge in [-0.25, -0.2) is 9.59 Å². The molecule has 0 spiro atoms. The standard InChI is InChI=1S/C15H26N2O5/c1-10-6-5-8-17(12(10)18)9-7-11(13(19)20)16-14(21)22-15(2,3)4/h10-11H,5-9H2,1-4H3,(H,16,21)(H,19,20). The first-order valence-corrected chi connectivity index (χ1v) is 7.61. The van der Waals surface area contributed by atoms with E-state index in [2.05, 4.69) is 5.32 Å². The average Bonchev–Trinajstić information content (AvgIpc) is 2.36. The number of likely N-dealkylation sites (tertiary alicyclic amines) is 1. The molecule has 0 aromatic carbocycles. The molecular formula is C15H26N2O5. The second kappa shape index (κ2) is 7.47. The molecule has 0 bridgehead atoms. The van der Waals surface area contributed by atoms with Gasteiger partial charge in [-0.05, 0) is 40.0 Å². The van der Waals surface area contributed by atoms with Gasteiger partial charge < -0.3 is 20.1 Å². The van der Waals surface area contributed by atoms with E-state index in [0.717, 1.165) is 12.8 Å². The van der Waals surface area contributed by atoms with Crippen LogP contribution in [0.15, 0.2) is 0 Å². The number of nitrogens with one attached hydrogen (secondary N) is 1. The highest BCUT2D eigenvalue weighted by atomic mass is 16.6. The van der Waals surface area contributed by atoms with Crippen molar-refractivity contribution in [2.45, 2.75) is 58.6 Å². The number of aliphatic carboxylic acids is 1. The third kappa shape index (κ3) is 5.91. The molecule has 1 rings (SSSR count). The van der Waals surface area contributed by atoms with E-state index in [1.807, 2.05) is 6.92 Å². The molecule has 1 heterocycles. The van der Waals surface area contributed by atoms with Crippen LogP contribution >= 0.6 is 0 Å². The quantitative estimate of drug-likeness (QED) is 0.804. The van der Waals surface area contributed by atoms with Crippen LogP contribution < -0.4 is 5.32 Å². The Hall–Kier alpha value is -1.79. The van der Waals surface area contributed by atoms with Crippen molar-refractivity contribution in [1.82, 2.24) is 10.2 Å². The van der Waals surface area contributed by atoms with Gasteiger partial charge in [0.1, 0.15) is 11.6 Å². The first-order valence-electron chi connectivity index (χ1n) is 7.61. The summed E-state index contributed by atoms with van der Waals surface area (Å²) in [5.74, 6) is -1.10. The highest BCUT2D eigenvalue weighted by Crippen LogP contribution is 2.17. The molecule has 2 unspecified atom stereocenters. The summed E-state index contributed by atoms with van der Waals surface area (Å²) in [5.41, 5.74) is -0.689. The summed E-state index contributed by atoms with van der Waals surface area (Å²) in [4.78, 5) is 36.6. The zero-order chi connectivity index (χ0) is 16.9. The van der Waals surface area contributed by atoms with Crippen molar-refractivity contribution in [3.63, 3.8) is 0 Å². The van der Waals surface area contributed by atoms with Crippen molar-refractivity contribution in [1.29, 1.82) is 0 Å². The molecule has 1 aliphatic rings. The molecule has 0 radical (unpaired) electrons. The Morgan fingerprint density at radius 2 is 2.09 bits per heavy atom. The Morgan fingerprint density at radius 3 is 2.64 bits per heavy atom. The smallest absolute Gasteiger partial charge is 0.408 e. The molecule has 0 aliphatic carbocycles. The van der Waals surface area contributed by atoms with Crippen LogP contribution in [0, 0.1) is 5.92 Å². The molecule has 2 N–H and O–H groups in total. The van der Waals surface area contributed by atoms with Gasteiger partial charge in [0.05, 0.1) is 0 Å². The SMILES string of the molecule is CC1CCCN(CCC(NC(=O)OC(C)(C)C)C(=O)O)C1=O. The number of piperidine rings is 1. The van der Waals surface area contributed by atoms with Crippen molar-refractivity contribution in [3.05, 3.63) is 0 Å². The monoisotopic (exact) mass is 314 g/mol. The maximum atomic E-state index is 12.0. The lowest BCUT2D eigenvalue weighted by Crippen LogP contribution is -2.47. The van der Waals surface area contributed by atoms with E-state index in [0.29, 0.717) is 13.1 Å². The van der Waals surface area contributed by atoms with E-state index in [1.54, 1.807) is 25.7 Å². The van der Waals surface area contributed by atoms with E-state index in [1.165, 1.54) is 0 Å². The second-order valence-corrected chi connectivity index (χ2v) is 6.69. The maximum Gasteiger partial charge on any atom is 0.408 e. The number of ether oxygens (including phenoxy) is 1. The number of hydrogen-bond donors (Lipinski definition) is 2. The minimum absolute atomic E-state index is 0.0177. The van der Waals surface area contributed by atoms with Crippen LogP contribution in [0.3, 0.4) is 0 Å². The molecule has 126 valence electrons. The molecule has 1 aliphatic heterocycles. The third-order valence-corrected chi connectivity index (χ3v) is 3.48. The van der Waals surface area contributed by atoms with E-state index >= 15 is 0 Å². The second-order valence-electron chi connectivity index (χ2n) is 6.69. The topological polar surface area (TPSA) is 95.9 Å². The van der Waals surface area contributed by atoms with Crippen molar-refractivity contribution in [2.75, 3.05) is 13.1 Å². The van der Waals surface area contributed by atoms with Crippen molar-refractivity contribution in [3.8, 4) is 0 Å². The Kier molecular flexibility index (Phi) is 6.20. The maximum absolute atomic E-state index is 12.0. The van der Waals surface area contributed by atoms with Crippen LogP contribution in [-0.4, -0.2) is 52.7 Å². The van der Waals surface area contributed by atoms with Crippen molar-refractivity contribution >= 4 is 18.0 Å². The molecule has 2 amide bonds. The number of carbonyl (C=O) groups excluding carboxylic acids is 2. The Bertz CT molecular complexity index is 430. The van der Waals surface area contributed by atoms with Gasteiger partial charge in [-0.3, -0.25) is 4.79 Å². The number of hydrogen-bond acceptors (Lipinski definition) is 4. The number of carboxylic acid groups (broad SMARTS) is 1. The number of carbonyl (C=O) groups is 3. The first kappa shape index (κ1) is 18.3. The van der Waals surface area contributed by atoms with Gasteiger partial charge >= 0.3 is 12.1 Å². The van der Waals surface area contributed by atoms with Crippen LogP contribution in [0.1, 0.15) is 47.0 Å². The van der Waals surface area contributed by atoms with Gasteiger partial charge in [-0.2, -0.15) is 0 Å². The summed E-state index contributed by atoms with van der Waals surface area (Å²) in [7, 11) is 0. The van der Waals surface area contributed by atoms with Crippen LogP contribution in [0.25, 0.3) is 0 Å². The summed E-state index contributed by atoms with van der Waals surface area (Å²) >= 11 is 0. The van der Waals surface area contributed by atoms with Gasteiger partial charge in [0.25, 0.3) is 0 Å². The normalized spacial score (nSPS) is 20.5. The van der Waals surface area contributed by atoms with E-state index < -0.39 is 23.7 Å². The number of alkyl carbamates (subject to hydrolysis) is 1. The molecule has 22 heavy (non-hydrogen) atoms. The molecule has 1 saturated heterocycles. The Morgan fingerprint density at radius 1 is 1.45 bits per heavy atom. The fourth-order valence-electron chi connectivity index (χ4n) is 2.35. The van der Waals surface area contributed by atoms with Crippen LogP contribution in [-0.2, 0) is 14.3 Å². The molecule has 0 aromatic heterocycles. The largest absolute Gasteiger partial charge is 0.480 e. The number of amides is 2. The number of carboxylic acids is 1. The summed E-state index contributed by atoms with van der Waals surface area (Å²) in [6.45, 7) is 7.95. The van der Waals surface area contributed by atoms with Gasteiger partial charge in [0.2, 0.25) is 5.91 Å². The zero-order valence-corrected chi connectivity index (χ0v) is 13.7. The summed E-state index contributed by atoms with van der Waals surface area (Å²) in [6.07, 6.45) is 1.18. The van der Waals surface area contributed by atoms with Crippen LogP contribution in [0.4, 0.5) is 4.79 Å². The van der Waals surface area contributed by atoms with E-state index in [4.69, 9.17) is 4.74 Å². The molecule has 1 fully saturated rings. The van der Waals surface area contributed by atoms with Gasteiger partial charge in [0.15, 0.2) is 0 Å². The predicted octanol–water partition coefficient (Wildman–Crippen LogP) is 1.61. The van der Waals surface area contributed by atoms with Crippen molar-refractivity contribution < 1.29 is 24.2 Å². The summed E-state index contributed by atoms with van der Waals surface area (Å²) in [5, 5.41) is 11.5. The highest BCUT2D eigenvalue weighted by molar-refractivity contribution is 5.81. The van der Waals surface area contributed by atoms with Gasteiger partial charge in [0, 0.05) is 19.0 Å². The Balaban J connectivity index is 2.52. The number of rotatable bonds is 5.